The Bertz CT molecular complexity index is 450. The van der Waals surface area contributed by atoms with Gasteiger partial charge in [-0.25, -0.2) is 14.0 Å². The number of aliphatic carboxylic acids is 1. The number of hydrogen-bond donors (Lipinski definition) is 3. The third-order valence-electron chi connectivity index (χ3n) is 2.41. The number of carboxylic acid groups (broad SMARTS) is 1. The summed E-state index contributed by atoms with van der Waals surface area (Å²) in [5, 5.41) is 19.7. The van der Waals surface area contributed by atoms with Crippen molar-refractivity contribution in [2.24, 2.45) is 0 Å². The maximum atomic E-state index is 12.7. The lowest BCUT2D eigenvalue weighted by atomic mass is 10.2. The number of carbonyl (C=O) groups is 2. The molecule has 0 aliphatic rings. The Morgan fingerprint density at radius 3 is 2.47 bits per heavy atom. The first-order chi connectivity index (χ1) is 8.90. The first-order valence-corrected chi connectivity index (χ1v) is 5.54. The summed E-state index contributed by atoms with van der Waals surface area (Å²) in [4.78, 5) is 23.2. The van der Waals surface area contributed by atoms with Crippen LogP contribution in [0.5, 0.6) is 0 Å². The second-order valence-corrected chi connectivity index (χ2v) is 4.02. The molecule has 0 radical (unpaired) electrons. The summed E-state index contributed by atoms with van der Waals surface area (Å²) in [5.41, 5.74) is 0.734. The zero-order chi connectivity index (χ0) is 14.4. The lowest BCUT2D eigenvalue weighted by Crippen LogP contribution is -2.42. The third kappa shape index (κ3) is 4.92. The van der Waals surface area contributed by atoms with E-state index in [1.54, 1.807) is 12.1 Å². The molecule has 0 aromatic heterocycles. The van der Waals surface area contributed by atoms with E-state index in [2.05, 4.69) is 5.32 Å². The van der Waals surface area contributed by atoms with Crippen LogP contribution in [0.4, 0.5) is 9.18 Å². The van der Waals surface area contributed by atoms with Crippen LogP contribution in [0, 0.1) is 5.82 Å². The number of hydrogen-bond acceptors (Lipinski definition) is 3. The summed E-state index contributed by atoms with van der Waals surface area (Å²) >= 11 is 0. The highest BCUT2D eigenvalue weighted by Crippen LogP contribution is 2.05. The number of halogens is 1. The molecule has 6 nitrogen and oxygen atoms in total. The van der Waals surface area contributed by atoms with E-state index in [0.29, 0.717) is 0 Å². The van der Waals surface area contributed by atoms with Crippen molar-refractivity contribution < 1.29 is 24.2 Å². The van der Waals surface area contributed by atoms with Crippen molar-refractivity contribution in [2.45, 2.75) is 12.6 Å². The Kier molecular flexibility index (Phi) is 5.25. The van der Waals surface area contributed by atoms with E-state index in [-0.39, 0.29) is 18.9 Å². The molecule has 0 spiro atoms. The Morgan fingerprint density at radius 1 is 1.37 bits per heavy atom. The number of nitrogens with one attached hydrogen (secondary N) is 1. The van der Waals surface area contributed by atoms with Crippen LogP contribution in [0.25, 0.3) is 0 Å². The number of carbonyl (C=O) groups excluding carboxylic acids is 1. The number of aliphatic hydroxyl groups is 1. The third-order valence-corrected chi connectivity index (χ3v) is 2.41. The maximum Gasteiger partial charge on any atom is 0.334 e. The van der Waals surface area contributed by atoms with Gasteiger partial charge in [-0.3, -0.25) is 0 Å². The van der Waals surface area contributed by atoms with Crippen molar-refractivity contribution in [1.29, 1.82) is 0 Å². The van der Waals surface area contributed by atoms with E-state index in [4.69, 9.17) is 10.2 Å². The van der Waals surface area contributed by atoms with Crippen LogP contribution in [-0.4, -0.2) is 46.8 Å². The number of urea groups is 1. The second kappa shape index (κ2) is 6.69. The molecule has 0 saturated carbocycles. The average Bonchev–Trinajstić information content (AvgIpc) is 2.37. The highest BCUT2D eigenvalue weighted by molar-refractivity contribution is 5.76. The molecule has 1 aromatic carbocycles. The molecule has 0 fully saturated rings. The predicted molar refractivity (Wildman–Crippen MR) is 64.9 cm³/mol. The summed E-state index contributed by atoms with van der Waals surface area (Å²) in [6, 6.07) is 5.14. The molecule has 0 saturated heterocycles. The average molecular weight is 270 g/mol. The van der Waals surface area contributed by atoms with Crippen LogP contribution in [0.1, 0.15) is 5.56 Å². The summed E-state index contributed by atoms with van der Waals surface area (Å²) in [7, 11) is 1.51. The predicted octanol–water partition coefficient (Wildman–Crippen LogP) is 0.413. The normalized spacial score (nSPS) is 11.7. The summed E-state index contributed by atoms with van der Waals surface area (Å²) in [6.07, 6.45) is -1.64. The monoisotopic (exact) mass is 270 g/mol. The van der Waals surface area contributed by atoms with Crippen molar-refractivity contribution >= 4 is 12.0 Å². The minimum atomic E-state index is -1.64. The molecule has 0 heterocycles. The van der Waals surface area contributed by atoms with Gasteiger partial charge in [0.25, 0.3) is 0 Å². The Balaban J connectivity index is 2.44. The maximum absolute atomic E-state index is 12.7. The summed E-state index contributed by atoms with van der Waals surface area (Å²) in [5.74, 6) is -1.76. The van der Waals surface area contributed by atoms with Gasteiger partial charge in [-0.1, -0.05) is 12.1 Å². The Morgan fingerprint density at radius 2 is 1.95 bits per heavy atom. The molecule has 1 unspecified atom stereocenters. The van der Waals surface area contributed by atoms with Gasteiger partial charge in [0.05, 0.1) is 6.54 Å². The van der Waals surface area contributed by atoms with E-state index >= 15 is 0 Å². The quantitative estimate of drug-likeness (QED) is 0.723. The highest BCUT2D eigenvalue weighted by Gasteiger charge is 2.15. The van der Waals surface area contributed by atoms with Crippen molar-refractivity contribution in [2.75, 3.05) is 13.6 Å². The van der Waals surface area contributed by atoms with Gasteiger partial charge >= 0.3 is 12.0 Å². The second-order valence-electron chi connectivity index (χ2n) is 4.02. The standard InChI is InChI=1S/C12H15FN2O4/c1-15(7-8-2-4-9(13)5-3-8)12(19)14-6-10(16)11(17)18/h2-5,10,16H,6-7H2,1H3,(H,14,19)(H,17,18). The number of rotatable bonds is 5. The fraction of sp³-hybridized carbons (Fsp3) is 0.333. The zero-order valence-corrected chi connectivity index (χ0v) is 10.3. The number of amides is 2. The Labute approximate surface area is 109 Å². The lowest BCUT2D eigenvalue weighted by Gasteiger charge is -2.18. The van der Waals surface area contributed by atoms with Gasteiger partial charge in [-0.2, -0.15) is 0 Å². The molecule has 0 bridgehead atoms. The fourth-order valence-corrected chi connectivity index (χ4v) is 1.34. The van der Waals surface area contributed by atoms with E-state index in [1.165, 1.54) is 24.1 Å². The van der Waals surface area contributed by atoms with Gasteiger partial charge in [0.15, 0.2) is 6.10 Å². The van der Waals surface area contributed by atoms with Crippen LogP contribution in [0.15, 0.2) is 24.3 Å². The van der Waals surface area contributed by atoms with Crippen molar-refractivity contribution in [3.05, 3.63) is 35.6 Å². The lowest BCUT2D eigenvalue weighted by molar-refractivity contribution is -0.146. The largest absolute Gasteiger partial charge is 0.479 e. The molecular weight excluding hydrogens is 255 g/mol. The number of nitrogens with zero attached hydrogens (tertiary/aromatic N) is 1. The minimum Gasteiger partial charge on any atom is -0.479 e. The van der Waals surface area contributed by atoms with Crippen molar-refractivity contribution in [3.63, 3.8) is 0 Å². The van der Waals surface area contributed by atoms with Crippen LogP contribution >= 0.6 is 0 Å². The number of carboxylic acids is 1. The molecule has 3 N–H and O–H groups in total. The smallest absolute Gasteiger partial charge is 0.334 e. The molecule has 0 aliphatic carbocycles. The summed E-state index contributed by atoms with van der Waals surface area (Å²) < 4.78 is 12.7. The van der Waals surface area contributed by atoms with Crippen LogP contribution < -0.4 is 5.32 Å². The van der Waals surface area contributed by atoms with Crippen molar-refractivity contribution in [3.8, 4) is 0 Å². The van der Waals surface area contributed by atoms with Gasteiger partial charge < -0.3 is 20.4 Å². The molecule has 7 heteroatoms. The first kappa shape index (κ1) is 14.9. The Hall–Kier alpha value is -2.15. The molecule has 19 heavy (non-hydrogen) atoms. The van der Waals surface area contributed by atoms with E-state index < -0.39 is 18.1 Å². The minimum absolute atomic E-state index is 0.245. The fourth-order valence-electron chi connectivity index (χ4n) is 1.34. The van der Waals surface area contributed by atoms with E-state index in [9.17, 15) is 14.0 Å². The number of benzene rings is 1. The van der Waals surface area contributed by atoms with Gasteiger partial charge in [0.1, 0.15) is 5.82 Å². The molecule has 1 aromatic rings. The van der Waals surface area contributed by atoms with Gasteiger partial charge in [0.2, 0.25) is 0 Å². The van der Waals surface area contributed by atoms with Gasteiger partial charge in [-0.05, 0) is 17.7 Å². The molecule has 2 amide bonds. The molecule has 1 atom stereocenters. The topological polar surface area (TPSA) is 89.9 Å². The van der Waals surface area contributed by atoms with Gasteiger partial charge in [0, 0.05) is 13.6 Å². The molecular formula is C12H15FN2O4. The number of aliphatic hydroxyl groups excluding tert-OH is 1. The zero-order valence-electron chi connectivity index (χ0n) is 10.3. The van der Waals surface area contributed by atoms with Crippen LogP contribution in [-0.2, 0) is 11.3 Å². The first-order valence-electron chi connectivity index (χ1n) is 5.54. The SMILES string of the molecule is CN(Cc1ccc(F)cc1)C(=O)NCC(O)C(=O)O. The van der Waals surface area contributed by atoms with Crippen LogP contribution in [0.3, 0.4) is 0 Å². The van der Waals surface area contributed by atoms with E-state index in [1.807, 2.05) is 0 Å². The van der Waals surface area contributed by atoms with Crippen molar-refractivity contribution in [1.82, 2.24) is 10.2 Å². The molecule has 0 aliphatic heterocycles. The highest BCUT2D eigenvalue weighted by atomic mass is 19.1. The molecule has 1 rings (SSSR count). The van der Waals surface area contributed by atoms with Crippen LogP contribution in [0.2, 0.25) is 0 Å². The van der Waals surface area contributed by atoms with E-state index in [0.717, 1.165) is 5.56 Å². The summed E-state index contributed by atoms with van der Waals surface area (Å²) in [6.45, 7) is -0.128. The van der Waals surface area contributed by atoms with Gasteiger partial charge in [-0.15, -0.1) is 0 Å². The molecule has 104 valence electrons.